The number of carboxylic acid groups (broad SMARTS) is 1. The predicted molar refractivity (Wildman–Crippen MR) is 51.2 cm³/mol. The number of nitrogens with one attached hydrogen (secondary N) is 1. The first-order chi connectivity index (χ1) is 7.02. The van der Waals surface area contributed by atoms with Crippen molar-refractivity contribution in [3.05, 3.63) is 29.8 Å². The molecule has 0 saturated carbocycles. The quantitative estimate of drug-likeness (QED) is 0.585. The maximum absolute atomic E-state index is 10.9. The van der Waals surface area contributed by atoms with Gasteiger partial charge in [-0.3, -0.25) is 9.59 Å². The Labute approximate surface area is 84.7 Å². The summed E-state index contributed by atoms with van der Waals surface area (Å²) in [7, 11) is 0. The maximum Gasteiger partial charge on any atom is 0.394 e. The number of benzene rings is 1. The van der Waals surface area contributed by atoms with Crippen LogP contribution >= 0.6 is 0 Å². The fourth-order valence-electron chi connectivity index (χ4n) is 0.983. The molecule has 6 nitrogen and oxygen atoms in total. The molecule has 0 spiro atoms. The number of rotatable bonds is 2. The molecule has 6 heteroatoms. The van der Waals surface area contributed by atoms with Crippen LogP contribution in [0.25, 0.3) is 0 Å². The Morgan fingerprint density at radius 2 is 1.80 bits per heavy atom. The second kappa shape index (κ2) is 4.23. The summed E-state index contributed by atoms with van der Waals surface area (Å²) >= 11 is 0. The molecule has 0 unspecified atom stereocenters. The van der Waals surface area contributed by atoms with Gasteiger partial charge in [-0.05, 0) is 12.1 Å². The third-order valence-electron chi connectivity index (χ3n) is 1.63. The monoisotopic (exact) mass is 208 g/mol. The first-order valence-electron chi connectivity index (χ1n) is 3.95. The van der Waals surface area contributed by atoms with Gasteiger partial charge in [0.25, 0.3) is 5.91 Å². The zero-order valence-corrected chi connectivity index (χ0v) is 7.56. The number of carbonyl (C=O) groups excluding carboxylic acids is 2. The molecule has 0 saturated heterocycles. The minimum atomic E-state index is -1.63. The molecule has 0 bridgehead atoms. The van der Waals surface area contributed by atoms with Gasteiger partial charge in [0.2, 0.25) is 0 Å². The summed E-state index contributed by atoms with van der Waals surface area (Å²) in [6.07, 6.45) is 0. The fourth-order valence-corrected chi connectivity index (χ4v) is 0.983. The Morgan fingerprint density at radius 3 is 2.33 bits per heavy atom. The highest BCUT2D eigenvalue weighted by Gasteiger charge is 2.14. The second-order valence-corrected chi connectivity index (χ2v) is 2.67. The minimum absolute atomic E-state index is 0.0621. The molecular formula is C9H8N2O4. The fraction of sp³-hybridized carbons (Fsp3) is 0. The molecule has 0 aliphatic carbocycles. The molecule has 0 aliphatic rings. The first-order valence-corrected chi connectivity index (χ1v) is 3.95. The van der Waals surface area contributed by atoms with E-state index in [0.29, 0.717) is 0 Å². The van der Waals surface area contributed by atoms with E-state index in [1.807, 2.05) is 0 Å². The second-order valence-electron chi connectivity index (χ2n) is 2.67. The van der Waals surface area contributed by atoms with Crippen LogP contribution in [-0.2, 0) is 9.59 Å². The summed E-state index contributed by atoms with van der Waals surface area (Å²) in [5.74, 6) is -3.59. The Balaban J connectivity index is 2.99. The third-order valence-corrected chi connectivity index (χ3v) is 1.63. The molecule has 0 fully saturated rings. The van der Waals surface area contributed by atoms with E-state index in [1.165, 1.54) is 12.1 Å². The van der Waals surface area contributed by atoms with Crippen LogP contribution in [0, 0.1) is 0 Å². The Morgan fingerprint density at radius 1 is 1.20 bits per heavy atom. The molecule has 1 aromatic rings. The predicted octanol–water partition coefficient (Wildman–Crippen LogP) is -0.191. The van der Waals surface area contributed by atoms with Crippen LogP contribution in [0.2, 0.25) is 0 Å². The van der Waals surface area contributed by atoms with Gasteiger partial charge < -0.3 is 16.2 Å². The molecule has 0 radical (unpaired) electrons. The van der Waals surface area contributed by atoms with Crippen molar-refractivity contribution in [1.29, 1.82) is 0 Å². The number of hydrogen-bond donors (Lipinski definition) is 3. The standard InChI is InChI=1S/C9H8N2O4/c10-7(12)5-3-1-2-4-6(5)11-8(13)9(14)15/h1-4H,(H2,10,12)(H,11,13)(H,14,15). The van der Waals surface area contributed by atoms with Gasteiger partial charge in [0.05, 0.1) is 11.3 Å². The number of nitrogens with two attached hydrogens (primary N) is 1. The summed E-state index contributed by atoms with van der Waals surface area (Å²) in [6.45, 7) is 0. The van der Waals surface area contributed by atoms with Crippen LogP contribution < -0.4 is 11.1 Å². The average Bonchev–Trinajstić information content (AvgIpc) is 2.18. The number of hydrogen-bond acceptors (Lipinski definition) is 3. The molecule has 78 valence electrons. The largest absolute Gasteiger partial charge is 0.474 e. The first kappa shape index (κ1) is 10.7. The number of carboxylic acids is 1. The highest BCUT2D eigenvalue weighted by atomic mass is 16.4. The number of primary amides is 1. The van der Waals surface area contributed by atoms with Crippen molar-refractivity contribution in [2.45, 2.75) is 0 Å². The van der Waals surface area contributed by atoms with E-state index in [2.05, 4.69) is 5.32 Å². The van der Waals surface area contributed by atoms with Crippen molar-refractivity contribution in [3.63, 3.8) is 0 Å². The van der Waals surface area contributed by atoms with Crippen LogP contribution in [0.1, 0.15) is 10.4 Å². The van der Waals surface area contributed by atoms with Gasteiger partial charge in [0, 0.05) is 0 Å². The van der Waals surface area contributed by atoms with Gasteiger partial charge in [-0.2, -0.15) is 0 Å². The topological polar surface area (TPSA) is 109 Å². The van der Waals surface area contributed by atoms with Crippen molar-refractivity contribution in [2.24, 2.45) is 5.73 Å². The van der Waals surface area contributed by atoms with E-state index >= 15 is 0 Å². The number of aliphatic carboxylic acids is 1. The number of anilines is 1. The van der Waals surface area contributed by atoms with Crippen LogP contribution in [-0.4, -0.2) is 22.9 Å². The lowest BCUT2D eigenvalue weighted by molar-refractivity contribution is -0.147. The van der Waals surface area contributed by atoms with Gasteiger partial charge in [0.1, 0.15) is 0 Å². The van der Waals surface area contributed by atoms with Crippen molar-refractivity contribution >= 4 is 23.5 Å². The van der Waals surface area contributed by atoms with Crippen LogP contribution in [0.4, 0.5) is 5.69 Å². The van der Waals surface area contributed by atoms with Crippen molar-refractivity contribution < 1.29 is 19.5 Å². The van der Waals surface area contributed by atoms with Gasteiger partial charge in [-0.1, -0.05) is 12.1 Å². The molecule has 0 aromatic heterocycles. The molecule has 1 aromatic carbocycles. The molecule has 2 amide bonds. The van der Waals surface area contributed by atoms with E-state index in [0.717, 1.165) is 0 Å². The van der Waals surface area contributed by atoms with Gasteiger partial charge in [-0.15, -0.1) is 0 Å². The smallest absolute Gasteiger partial charge is 0.394 e. The summed E-state index contributed by atoms with van der Waals surface area (Å²) in [6, 6.07) is 5.88. The lowest BCUT2D eigenvalue weighted by atomic mass is 10.1. The highest BCUT2D eigenvalue weighted by molar-refractivity contribution is 6.36. The summed E-state index contributed by atoms with van der Waals surface area (Å²) in [5.41, 5.74) is 5.17. The molecule has 15 heavy (non-hydrogen) atoms. The van der Waals surface area contributed by atoms with Crippen LogP contribution in [0.3, 0.4) is 0 Å². The molecule has 0 aliphatic heterocycles. The Kier molecular flexibility index (Phi) is 3.02. The highest BCUT2D eigenvalue weighted by Crippen LogP contribution is 2.13. The van der Waals surface area contributed by atoms with Crippen molar-refractivity contribution in [1.82, 2.24) is 0 Å². The van der Waals surface area contributed by atoms with Gasteiger partial charge in [0.15, 0.2) is 0 Å². The zero-order valence-electron chi connectivity index (χ0n) is 7.56. The molecule has 4 N–H and O–H groups in total. The molecular weight excluding hydrogens is 200 g/mol. The van der Waals surface area contributed by atoms with E-state index in [4.69, 9.17) is 10.8 Å². The summed E-state index contributed by atoms with van der Waals surface area (Å²) in [4.78, 5) is 32.0. The summed E-state index contributed by atoms with van der Waals surface area (Å²) < 4.78 is 0. The van der Waals surface area contributed by atoms with Crippen LogP contribution in [0.15, 0.2) is 24.3 Å². The number of amides is 2. The Bertz CT molecular complexity index is 428. The van der Waals surface area contributed by atoms with E-state index in [1.54, 1.807) is 12.1 Å². The molecule has 0 heterocycles. The zero-order chi connectivity index (χ0) is 11.4. The van der Waals surface area contributed by atoms with Gasteiger partial charge in [-0.25, -0.2) is 4.79 Å². The third kappa shape index (κ3) is 2.53. The summed E-state index contributed by atoms with van der Waals surface area (Å²) in [5, 5.41) is 10.4. The normalized spacial score (nSPS) is 9.33. The SMILES string of the molecule is NC(=O)c1ccccc1NC(=O)C(=O)O. The van der Waals surface area contributed by atoms with Crippen molar-refractivity contribution in [3.8, 4) is 0 Å². The van der Waals surface area contributed by atoms with E-state index in [9.17, 15) is 14.4 Å². The lowest BCUT2D eigenvalue weighted by Crippen LogP contribution is -2.24. The maximum atomic E-state index is 10.9. The number of carbonyl (C=O) groups is 3. The molecule has 1 rings (SSSR count). The minimum Gasteiger partial charge on any atom is -0.474 e. The van der Waals surface area contributed by atoms with Crippen LogP contribution in [0.5, 0.6) is 0 Å². The Hall–Kier alpha value is -2.37. The van der Waals surface area contributed by atoms with E-state index < -0.39 is 17.8 Å². The van der Waals surface area contributed by atoms with Crippen molar-refractivity contribution in [2.75, 3.05) is 5.32 Å². The van der Waals surface area contributed by atoms with E-state index in [-0.39, 0.29) is 11.3 Å². The molecule has 0 atom stereocenters. The number of para-hydroxylation sites is 1. The lowest BCUT2D eigenvalue weighted by Gasteiger charge is -2.05. The average molecular weight is 208 g/mol. The van der Waals surface area contributed by atoms with Gasteiger partial charge >= 0.3 is 11.9 Å².